The fourth-order valence-corrected chi connectivity index (χ4v) is 2.73. The van der Waals surface area contributed by atoms with Gasteiger partial charge in [0.1, 0.15) is 18.2 Å². The fraction of sp³-hybridized carbons (Fsp3) is 0.500. The fourth-order valence-electron chi connectivity index (χ4n) is 2.73. The van der Waals surface area contributed by atoms with E-state index >= 15 is 0 Å². The second kappa shape index (κ2) is 12.6. The van der Waals surface area contributed by atoms with E-state index < -0.39 is 41.3 Å². The highest BCUT2D eigenvalue weighted by molar-refractivity contribution is 5.89. The second-order valence-electron chi connectivity index (χ2n) is 9.24. The summed E-state index contributed by atoms with van der Waals surface area (Å²) in [5, 5.41) is 14.6. The summed E-state index contributed by atoms with van der Waals surface area (Å²) in [5.74, 6) is -2.10. The van der Waals surface area contributed by atoms with Gasteiger partial charge in [0.05, 0.1) is 7.11 Å². The Morgan fingerprint density at radius 1 is 1.03 bits per heavy atom. The monoisotopic (exact) mass is 478 g/mol. The zero-order chi connectivity index (χ0) is 25.9. The Morgan fingerprint density at radius 3 is 2.18 bits per heavy atom. The summed E-state index contributed by atoms with van der Waals surface area (Å²) < 4.78 is 15.0. The lowest BCUT2D eigenvalue weighted by Crippen LogP contribution is -2.45. The summed E-state index contributed by atoms with van der Waals surface area (Å²) in [6, 6.07) is 7.89. The van der Waals surface area contributed by atoms with Gasteiger partial charge in [0.15, 0.2) is 0 Å². The molecule has 0 spiro atoms. The van der Waals surface area contributed by atoms with Crippen molar-refractivity contribution < 1.29 is 38.5 Å². The highest BCUT2D eigenvalue weighted by atomic mass is 16.6. The molecule has 1 atom stereocenters. The lowest BCUT2D eigenvalue weighted by Gasteiger charge is -2.25. The molecule has 0 fully saturated rings. The highest BCUT2D eigenvalue weighted by Gasteiger charge is 2.28. The minimum atomic E-state index is -1.28. The number of carbonyl (C=O) groups excluding carboxylic acids is 3. The summed E-state index contributed by atoms with van der Waals surface area (Å²) in [6.07, 6.45) is -0.369. The number of rotatable bonds is 10. The van der Waals surface area contributed by atoms with Crippen molar-refractivity contribution in [3.05, 3.63) is 47.5 Å². The van der Waals surface area contributed by atoms with Crippen molar-refractivity contribution in [1.29, 1.82) is 0 Å². The SMILES string of the molecule is COC(=O)[C@H](C/C(=C/CC(C)(C)NC(=O)OCc1ccccc1)C(=O)O)NC(=O)OC(C)(C)C. The highest BCUT2D eigenvalue weighted by Crippen LogP contribution is 2.16. The van der Waals surface area contributed by atoms with Gasteiger partial charge in [-0.25, -0.2) is 19.2 Å². The molecule has 0 aliphatic heterocycles. The minimum absolute atomic E-state index is 0.0934. The van der Waals surface area contributed by atoms with Crippen LogP contribution in [0.1, 0.15) is 53.0 Å². The number of carboxylic acids is 1. The number of hydrogen-bond donors (Lipinski definition) is 3. The van der Waals surface area contributed by atoms with Crippen LogP contribution in [-0.2, 0) is 30.4 Å². The molecule has 0 aromatic heterocycles. The van der Waals surface area contributed by atoms with Crippen LogP contribution < -0.4 is 10.6 Å². The van der Waals surface area contributed by atoms with E-state index in [9.17, 15) is 24.3 Å². The van der Waals surface area contributed by atoms with Gasteiger partial charge in [0.2, 0.25) is 0 Å². The molecule has 1 aromatic carbocycles. The molecule has 0 aliphatic carbocycles. The maximum atomic E-state index is 12.2. The largest absolute Gasteiger partial charge is 0.478 e. The van der Waals surface area contributed by atoms with Gasteiger partial charge >= 0.3 is 24.1 Å². The third-order valence-electron chi connectivity index (χ3n) is 4.39. The van der Waals surface area contributed by atoms with Gasteiger partial charge in [-0.3, -0.25) is 0 Å². The number of carboxylic acid groups (broad SMARTS) is 1. The molecular formula is C24H34N2O8. The lowest BCUT2D eigenvalue weighted by atomic mass is 9.96. The van der Waals surface area contributed by atoms with Crippen molar-refractivity contribution in [3.8, 4) is 0 Å². The van der Waals surface area contributed by atoms with Crippen molar-refractivity contribution in [2.75, 3.05) is 7.11 Å². The Kier molecular flexibility index (Phi) is 10.6. The molecule has 0 unspecified atom stereocenters. The number of methoxy groups -OCH3 is 1. The van der Waals surface area contributed by atoms with E-state index in [0.29, 0.717) is 0 Å². The first-order chi connectivity index (χ1) is 15.7. The van der Waals surface area contributed by atoms with E-state index in [-0.39, 0.29) is 25.0 Å². The standard InChI is InChI=1S/C24H34N2O8/c1-23(2,3)34-21(30)25-18(20(29)32-6)14-17(19(27)28)12-13-24(4,5)26-22(31)33-15-16-10-8-7-9-11-16/h7-12,18H,13-15H2,1-6H3,(H,25,30)(H,26,31)(H,27,28)/b17-12-/t18-/m0/s1. The topological polar surface area (TPSA) is 140 Å². The van der Waals surface area contributed by atoms with Gasteiger partial charge in [0, 0.05) is 17.5 Å². The number of ether oxygens (including phenoxy) is 3. The van der Waals surface area contributed by atoms with E-state index in [1.807, 2.05) is 30.3 Å². The van der Waals surface area contributed by atoms with Crippen LogP contribution in [0.4, 0.5) is 9.59 Å². The molecule has 2 amide bonds. The van der Waals surface area contributed by atoms with Crippen molar-refractivity contribution in [2.24, 2.45) is 0 Å². The summed E-state index contributed by atoms with van der Waals surface area (Å²) >= 11 is 0. The summed E-state index contributed by atoms with van der Waals surface area (Å²) in [5.41, 5.74) is -0.969. The van der Waals surface area contributed by atoms with Gasteiger partial charge in [-0.15, -0.1) is 0 Å². The number of esters is 1. The lowest BCUT2D eigenvalue weighted by molar-refractivity contribution is -0.143. The first-order valence-corrected chi connectivity index (χ1v) is 10.7. The average Bonchev–Trinajstić information content (AvgIpc) is 2.72. The summed E-state index contributed by atoms with van der Waals surface area (Å²) in [6.45, 7) is 8.45. The molecule has 0 heterocycles. The molecule has 34 heavy (non-hydrogen) atoms. The second-order valence-corrected chi connectivity index (χ2v) is 9.24. The average molecular weight is 479 g/mol. The van der Waals surface area contributed by atoms with E-state index in [4.69, 9.17) is 9.47 Å². The molecule has 3 N–H and O–H groups in total. The number of benzene rings is 1. The zero-order valence-corrected chi connectivity index (χ0v) is 20.5. The van der Waals surface area contributed by atoms with Crippen LogP contribution in [0.3, 0.4) is 0 Å². The first kappa shape index (κ1) is 28.5. The number of nitrogens with one attached hydrogen (secondary N) is 2. The molecule has 188 valence electrons. The Bertz CT molecular complexity index is 888. The van der Waals surface area contributed by atoms with Crippen molar-refractivity contribution >= 4 is 24.1 Å². The minimum Gasteiger partial charge on any atom is -0.478 e. The Hall–Kier alpha value is -3.56. The molecule has 1 aromatic rings. The maximum Gasteiger partial charge on any atom is 0.408 e. The number of amides is 2. The first-order valence-electron chi connectivity index (χ1n) is 10.7. The van der Waals surface area contributed by atoms with Crippen LogP contribution in [0.2, 0.25) is 0 Å². The molecule has 0 bridgehead atoms. The number of alkyl carbamates (subject to hydrolysis) is 2. The Labute approximate surface area is 199 Å². The molecule has 0 aliphatic rings. The predicted octanol–water partition coefficient (Wildman–Crippen LogP) is 3.55. The Balaban J connectivity index is 2.81. The molecule has 0 radical (unpaired) electrons. The van der Waals surface area contributed by atoms with Gasteiger partial charge in [0.25, 0.3) is 0 Å². The van der Waals surface area contributed by atoms with Gasteiger partial charge in [-0.2, -0.15) is 0 Å². The van der Waals surface area contributed by atoms with Gasteiger partial charge < -0.3 is 30.0 Å². The smallest absolute Gasteiger partial charge is 0.408 e. The summed E-state index contributed by atoms with van der Waals surface area (Å²) in [4.78, 5) is 48.1. The van der Waals surface area contributed by atoms with Crippen LogP contribution in [0.5, 0.6) is 0 Å². The van der Waals surface area contributed by atoms with E-state index in [1.54, 1.807) is 34.6 Å². The normalized spacial score (nSPS) is 12.8. The van der Waals surface area contributed by atoms with Crippen molar-refractivity contribution in [1.82, 2.24) is 10.6 Å². The number of aliphatic carboxylic acids is 1. The van der Waals surface area contributed by atoms with Crippen LogP contribution >= 0.6 is 0 Å². The van der Waals surface area contributed by atoms with Crippen LogP contribution in [0, 0.1) is 0 Å². The quantitative estimate of drug-likeness (QED) is 0.263. The Morgan fingerprint density at radius 2 is 1.65 bits per heavy atom. The van der Waals surface area contributed by atoms with Gasteiger partial charge in [-0.05, 0) is 46.6 Å². The van der Waals surface area contributed by atoms with E-state index in [1.165, 1.54) is 6.08 Å². The molecule has 10 heteroatoms. The number of hydrogen-bond acceptors (Lipinski definition) is 7. The van der Waals surface area contributed by atoms with Crippen LogP contribution in [0.15, 0.2) is 42.0 Å². The molecule has 1 rings (SSSR count). The molecular weight excluding hydrogens is 444 g/mol. The van der Waals surface area contributed by atoms with Crippen LogP contribution in [0.25, 0.3) is 0 Å². The number of carbonyl (C=O) groups is 4. The molecule has 0 saturated heterocycles. The van der Waals surface area contributed by atoms with Crippen molar-refractivity contribution in [2.45, 2.75) is 71.2 Å². The summed E-state index contributed by atoms with van der Waals surface area (Å²) in [7, 11) is 1.13. The van der Waals surface area contributed by atoms with E-state index in [0.717, 1.165) is 12.7 Å². The van der Waals surface area contributed by atoms with Crippen LogP contribution in [-0.4, -0.2) is 53.5 Å². The third kappa shape index (κ3) is 11.3. The molecule has 0 saturated carbocycles. The molecule has 10 nitrogen and oxygen atoms in total. The predicted molar refractivity (Wildman–Crippen MR) is 124 cm³/mol. The van der Waals surface area contributed by atoms with Gasteiger partial charge in [-0.1, -0.05) is 36.4 Å². The zero-order valence-electron chi connectivity index (χ0n) is 20.5. The van der Waals surface area contributed by atoms with Crippen molar-refractivity contribution in [3.63, 3.8) is 0 Å². The maximum absolute atomic E-state index is 12.2. The third-order valence-corrected chi connectivity index (χ3v) is 4.39. The van der Waals surface area contributed by atoms with E-state index in [2.05, 4.69) is 15.4 Å².